The minimum absolute atomic E-state index is 0.602. The third kappa shape index (κ3) is 4.33. The molecule has 1 atom stereocenters. The monoisotopic (exact) mass is 250 g/mol. The molecular weight excluding hydrogens is 228 g/mol. The van der Waals surface area contributed by atoms with Crippen LogP contribution in [0.1, 0.15) is 18.7 Å². The lowest BCUT2D eigenvalue weighted by Crippen LogP contribution is -2.39. The van der Waals surface area contributed by atoms with E-state index in [4.69, 9.17) is 4.74 Å². The molecule has 0 radical (unpaired) electrons. The lowest BCUT2D eigenvalue weighted by Gasteiger charge is -2.24. The number of methoxy groups -OCH3 is 1. The van der Waals surface area contributed by atoms with Gasteiger partial charge < -0.3 is 10.1 Å². The Labute approximate surface area is 109 Å². The van der Waals surface area contributed by atoms with E-state index in [1.54, 1.807) is 19.5 Å². The number of rotatable bonds is 7. The van der Waals surface area contributed by atoms with E-state index in [0.29, 0.717) is 6.04 Å². The molecule has 5 heteroatoms. The zero-order valence-corrected chi connectivity index (χ0v) is 11.0. The first kappa shape index (κ1) is 13.4. The van der Waals surface area contributed by atoms with E-state index in [0.717, 1.165) is 38.6 Å². The van der Waals surface area contributed by atoms with Crippen LogP contribution < -0.4 is 5.32 Å². The van der Waals surface area contributed by atoms with E-state index in [1.807, 2.05) is 6.07 Å². The molecule has 0 aromatic carbocycles. The molecule has 1 N–H and O–H groups in total. The van der Waals surface area contributed by atoms with E-state index >= 15 is 0 Å². The molecule has 1 unspecified atom stereocenters. The second kappa shape index (κ2) is 7.41. The van der Waals surface area contributed by atoms with Gasteiger partial charge in [-0.3, -0.25) is 4.90 Å². The highest BCUT2D eigenvalue weighted by atomic mass is 16.5. The van der Waals surface area contributed by atoms with Crippen molar-refractivity contribution in [2.75, 3.05) is 33.4 Å². The summed E-state index contributed by atoms with van der Waals surface area (Å²) in [6, 6.07) is 2.45. The summed E-state index contributed by atoms with van der Waals surface area (Å²) in [6.07, 6.45) is 6.14. The molecule has 0 amide bonds. The van der Waals surface area contributed by atoms with Gasteiger partial charge in [-0.2, -0.15) is 0 Å². The summed E-state index contributed by atoms with van der Waals surface area (Å²) in [5.41, 5.74) is 0. The lowest BCUT2D eigenvalue weighted by molar-refractivity contribution is 0.136. The van der Waals surface area contributed by atoms with Crippen LogP contribution in [0.4, 0.5) is 0 Å². The smallest absolute Gasteiger partial charge is 0.142 e. The molecule has 1 aromatic rings. The molecule has 0 spiro atoms. The molecule has 2 rings (SSSR count). The topological polar surface area (TPSA) is 50.3 Å². The van der Waals surface area contributed by atoms with E-state index in [1.165, 1.54) is 12.8 Å². The van der Waals surface area contributed by atoms with Crippen molar-refractivity contribution in [1.82, 2.24) is 20.2 Å². The van der Waals surface area contributed by atoms with Crippen LogP contribution in [-0.2, 0) is 11.3 Å². The zero-order valence-electron chi connectivity index (χ0n) is 11.0. The van der Waals surface area contributed by atoms with Crippen LogP contribution in [0.3, 0.4) is 0 Å². The van der Waals surface area contributed by atoms with E-state index in [9.17, 15) is 0 Å². The van der Waals surface area contributed by atoms with Gasteiger partial charge in [-0.1, -0.05) is 0 Å². The number of nitrogens with zero attached hydrogens (tertiary/aromatic N) is 3. The summed E-state index contributed by atoms with van der Waals surface area (Å²) in [4.78, 5) is 10.9. The first-order valence-electron chi connectivity index (χ1n) is 6.59. The highest BCUT2D eigenvalue weighted by Gasteiger charge is 2.18. The first-order chi connectivity index (χ1) is 8.88. The van der Waals surface area contributed by atoms with Crippen LogP contribution in [-0.4, -0.2) is 54.3 Å². The molecule has 100 valence electrons. The number of ether oxygens (including phenoxy) is 1. The number of hydrogen-bond acceptors (Lipinski definition) is 5. The Bertz CT molecular complexity index is 327. The number of nitrogens with one attached hydrogen (secondary N) is 1. The maximum absolute atomic E-state index is 5.17. The fourth-order valence-electron chi connectivity index (χ4n) is 2.29. The molecule has 1 aromatic heterocycles. The maximum Gasteiger partial charge on any atom is 0.142 e. The molecule has 5 nitrogen and oxygen atoms in total. The molecule has 1 fully saturated rings. The third-order valence-electron chi connectivity index (χ3n) is 3.24. The Hall–Kier alpha value is -1.04. The predicted octanol–water partition coefficient (Wildman–Crippen LogP) is 0.677. The van der Waals surface area contributed by atoms with Gasteiger partial charge in [-0.25, -0.2) is 9.97 Å². The highest BCUT2D eigenvalue weighted by molar-refractivity contribution is 4.89. The molecule has 1 aliphatic heterocycles. The van der Waals surface area contributed by atoms with E-state index in [-0.39, 0.29) is 0 Å². The second-order valence-corrected chi connectivity index (χ2v) is 4.69. The summed E-state index contributed by atoms with van der Waals surface area (Å²) < 4.78 is 5.17. The van der Waals surface area contributed by atoms with Crippen LogP contribution in [0.2, 0.25) is 0 Å². The van der Waals surface area contributed by atoms with Crippen molar-refractivity contribution < 1.29 is 4.74 Å². The van der Waals surface area contributed by atoms with Gasteiger partial charge in [0.25, 0.3) is 0 Å². The average molecular weight is 250 g/mol. The number of hydrogen-bond donors (Lipinski definition) is 1. The van der Waals surface area contributed by atoms with Crippen LogP contribution in [0.5, 0.6) is 0 Å². The lowest BCUT2D eigenvalue weighted by atomic mass is 10.2. The molecule has 1 aliphatic rings. The Balaban J connectivity index is 1.87. The summed E-state index contributed by atoms with van der Waals surface area (Å²) in [7, 11) is 1.74. The fourth-order valence-corrected chi connectivity index (χ4v) is 2.29. The van der Waals surface area contributed by atoms with Crippen molar-refractivity contribution in [1.29, 1.82) is 0 Å². The van der Waals surface area contributed by atoms with E-state index < -0.39 is 0 Å². The molecule has 0 saturated carbocycles. The van der Waals surface area contributed by atoms with Crippen LogP contribution in [0.15, 0.2) is 18.5 Å². The summed E-state index contributed by atoms with van der Waals surface area (Å²) >= 11 is 0. The molecule has 18 heavy (non-hydrogen) atoms. The summed E-state index contributed by atoms with van der Waals surface area (Å²) in [5.74, 6) is 0.881. The van der Waals surface area contributed by atoms with Gasteiger partial charge in [0.1, 0.15) is 5.82 Å². The number of aromatic nitrogens is 2. The first-order valence-corrected chi connectivity index (χ1v) is 6.59. The highest BCUT2D eigenvalue weighted by Crippen LogP contribution is 2.08. The Morgan fingerprint density at radius 3 is 2.94 bits per heavy atom. The second-order valence-electron chi connectivity index (χ2n) is 4.69. The standard InChI is InChI=1S/C13H22N4O/c1-18-9-8-17(10-12-4-2-5-14-12)11-13-15-6-3-7-16-13/h3,6-7,12,14H,2,4-5,8-11H2,1H3. The summed E-state index contributed by atoms with van der Waals surface area (Å²) in [6.45, 7) is 4.65. The Morgan fingerprint density at radius 2 is 2.28 bits per heavy atom. The van der Waals surface area contributed by atoms with Gasteiger partial charge in [0.05, 0.1) is 13.2 Å². The predicted molar refractivity (Wildman–Crippen MR) is 70.2 cm³/mol. The minimum atomic E-state index is 0.602. The molecule has 2 heterocycles. The van der Waals surface area contributed by atoms with Crippen molar-refractivity contribution in [2.45, 2.75) is 25.4 Å². The Morgan fingerprint density at radius 1 is 1.44 bits per heavy atom. The van der Waals surface area contributed by atoms with Gasteiger partial charge in [0.15, 0.2) is 0 Å². The third-order valence-corrected chi connectivity index (χ3v) is 3.24. The van der Waals surface area contributed by atoms with Gasteiger partial charge in [0, 0.05) is 38.6 Å². The summed E-state index contributed by atoms with van der Waals surface area (Å²) in [5, 5.41) is 3.53. The largest absolute Gasteiger partial charge is 0.383 e. The Kier molecular flexibility index (Phi) is 5.51. The van der Waals surface area contributed by atoms with Gasteiger partial charge in [-0.15, -0.1) is 0 Å². The van der Waals surface area contributed by atoms with Crippen molar-refractivity contribution in [3.05, 3.63) is 24.3 Å². The van der Waals surface area contributed by atoms with Crippen LogP contribution in [0, 0.1) is 0 Å². The quantitative estimate of drug-likeness (QED) is 0.771. The minimum Gasteiger partial charge on any atom is -0.383 e. The zero-order chi connectivity index (χ0) is 12.6. The maximum atomic E-state index is 5.17. The van der Waals surface area contributed by atoms with Crippen LogP contribution in [0.25, 0.3) is 0 Å². The van der Waals surface area contributed by atoms with Crippen LogP contribution >= 0.6 is 0 Å². The fraction of sp³-hybridized carbons (Fsp3) is 0.692. The molecule has 1 saturated heterocycles. The molecular formula is C13H22N4O. The van der Waals surface area contributed by atoms with Crippen molar-refractivity contribution >= 4 is 0 Å². The van der Waals surface area contributed by atoms with Crippen molar-refractivity contribution in [3.8, 4) is 0 Å². The molecule has 0 bridgehead atoms. The van der Waals surface area contributed by atoms with E-state index in [2.05, 4.69) is 20.2 Å². The van der Waals surface area contributed by atoms with Crippen molar-refractivity contribution in [2.24, 2.45) is 0 Å². The normalized spacial score (nSPS) is 19.6. The van der Waals surface area contributed by atoms with Gasteiger partial charge in [-0.05, 0) is 25.5 Å². The van der Waals surface area contributed by atoms with Gasteiger partial charge in [0.2, 0.25) is 0 Å². The van der Waals surface area contributed by atoms with Crippen molar-refractivity contribution in [3.63, 3.8) is 0 Å². The SMILES string of the molecule is COCCN(Cc1ncccn1)CC1CCCN1. The average Bonchev–Trinajstić information content (AvgIpc) is 2.90. The molecule has 0 aliphatic carbocycles. The van der Waals surface area contributed by atoms with Gasteiger partial charge >= 0.3 is 0 Å².